The van der Waals surface area contributed by atoms with Gasteiger partial charge in [0.1, 0.15) is 0 Å². The Morgan fingerprint density at radius 1 is 1.60 bits per heavy atom. The molecule has 0 atom stereocenters. The average molecular weight is 137 g/mol. The number of allylic oxidation sites excluding steroid dienone is 5. The van der Waals surface area contributed by atoms with E-state index in [1.54, 1.807) is 18.2 Å². The molecule has 0 aliphatic rings. The van der Waals surface area contributed by atoms with Crippen molar-refractivity contribution in [3.63, 3.8) is 0 Å². The summed E-state index contributed by atoms with van der Waals surface area (Å²) in [7, 11) is 0. The minimum absolute atomic E-state index is 0.146. The largest absolute Gasteiger partial charge is 0.512 e. The van der Waals surface area contributed by atoms with Gasteiger partial charge in [-0.25, -0.2) is 0 Å². The standard InChI is InChI=1S/C8H11NO/c1-3-4-5-8(6-9)7(2)10/h3-6,9-10H,1H2,2H3/b5-4-,8-7-,9-6?. The molecule has 2 N–H and O–H groups in total. The third-order valence-electron chi connectivity index (χ3n) is 0.985. The van der Waals surface area contributed by atoms with Gasteiger partial charge in [-0.15, -0.1) is 0 Å². The third kappa shape index (κ3) is 2.87. The lowest BCUT2D eigenvalue weighted by Gasteiger charge is -1.91. The Morgan fingerprint density at radius 2 is 2.20 bits per heavy atom. The zero-order chi connectivity index (χ0) is 7.98. The van der Waals surface area contributed by atoms with Crippen LogP contribution in [0, 0.1) is 5.41 Å². The van der Waals surface area contributed by atoms with Crippen molar-refractivity contribution in [3.8, 4) is 0 Å². The Kier molecular flexibility index (Phi) is 3.96. The summed E-state index contributed by atoms with van der Waals surface area (Å²) in [4.78, 5) is 0. The van der Waals surface area contributed by atoms with E-state index in [1.165, 1.54) is 6.92 Å². The smallest absolute Gasteiger partial charge is 0.0979 e. The molecular weight excluding hydrogens is 126 g/mol. The monoisotopic (exact) mass is 137 g/mol. The summed E-state index contributed by atoms with van der Waals surface area (Å²) < 4.78 is 0. The maximum atomic E-state index is 8.88. The predicted octanol–water partition coefficient (Wildman–Crippen LogP) is 2.21. The summed E-state index contributed by atoms with van der Waals surface area (Å²) in [6, 6.07) is 0. The van der Waals surface area contributed by atoms with Crippen LogP contribution in [-0.2, 0) is 0 Å². The molecule has 0 saturated heterocycles. The number of hydrogen-bond acceptors (Lipinski definition) is 2. The van der Waals surface area contributed by atoms with Gasteiger partial charge >= 0.3 is 0 Å². The van der Waals surface area contributed by atoms with Gasteiger partial charge in [0.05, 0.1) is 5.76 Å². The predicted molar refractivity (Wildman–Crippen MR) is 43.4 cm³/mol. The molecule has 0 aromatic carbocycles. The second kappa shape index (κ2) is 4.56. The average Bonchev–Trinajstić information content (AvgIpc) is 1.89. The first kappa shape index (κ1) is 8.69. The van der Waals surface area contributed by atoms with Gasteiger partial charge in [-0.2, -0.15) is 0 Å². The normalized spacial score (nSPS) is 12.9. The summed E-state index contributed by atoms with van der Waals surface area (Å²) in [5.41, 5.74) is 0.500. The molecule has 2 heteroatoms. The van der Waals surface area contributed by atoms with Gasteiger partial charge < -0.3 is 10.5 Å². The minimum atomic E-state index is 0.146. The molecule has 0 saturated carbocycles. The Balaban J connectivity index is 4.38. The highest BCUT2D eigenvalue weighted by atomic mass is 16.3. The molecule has 0 fully saturated rings. The fourth-order valence-corrected chi connectivity index (χ4v) is 0.445. The van der Waals surface area contributed by atoms with E-state index in [9.17, 15) is 0 Å². The van der Waals surface area contributed by atoms with E-state index in [0.29, 0.717) is 5.57 Å². The van der Waals surface area contributed by atoms with Gasteiger partial charge in [0.2, 0.25) is 0 Å². The van der Waals surface area contributed by atoms with E-state index < -0.39 is 0 Å². The Hall–Kier alpha value is -1.31. The zero-order valence-corrected chi connectivity index (χ0v) is 5.96. The van der Waals surface area contributed by atoms with Crippen molar-refractivity contribution in [2.75, 3.05) is 0 Å². The molecule has 0 aromatic rings. The summed E-state index contributed by atoms with van der Waals surface area (Å²) in [6.45, 7) is 5.00. The fraction of sp³-hybridized carbons (Fsp3) is 0.125. The molecule has 0 bridgehead atoms. The molecule has 54 valence electrons. The lowest BCUT2D eigenvalue weighted by Crippen LogP contribution is -1.83. The topological polar surface area (TPSA) is 44.1 Å². The Morgan fingerprint density at radius 3 is 2.50 bits per heavy atom. The number of aliphatic hydroxyl groups is 1. The number of rotatable bonds is 3. The first-order valence-electron chi connectivity index (χ1n) is 2.91. The molecule has 0 aromatic heterocycles. The molecule has 0 rings (SSSR count). The van der Waals surface area contributed by atoms with Crippen molar-refractivity contribution in [2.45, 2.75) is 6.92 Å². The summed E-state index contributed by atoms with van der Waals surface area (Å²) in [5, 5.41) is 15.7. The van der Waals surface area contributed by atoms with Gasteiger partial charge in [-0.3, -0.25) is 0 Å². The van der Waals surface area contributed by atoms with E-state index in [-0.39, 0.29) is 5.76 Å². The van der Waals surface area contributed by atoms with Gasteiger partial charge in [0.25, 0.3) is 0 Å². The molecule has 0 spiro atoms. The summed E-state index contributed by atoms with van der Waals surface area (Å²) >= 11 is 0. The first-order chi connectivity index (χ1) is 4.72. The number of hydrogen-bond donors (Lipinski definition) is 2. The number of nitrogens with one attached hydrogen (secondary N) is 1. The minimum Gasteiger partial charge on any atom is -0.512 e. The highest BCUT2D eigenvalue weighted by molar-refractivity contribution is 5.80. The molecule has 0 amide bonds. The second-order valence-electron chi connectivity index (χ2n) is 1.78. The van der Waals surface area contributed by atoms with Crippen LogP contribution in [0.3, 0.4) is 0 Å². The second-order valence-corrected chi connectivity index (χ2v) is 1.78. The van der Waals surface area contributed by atoms with Crippen LogP contribution in [0.4, 0.5) is 0 Å². The number of aliphatic hydroxyl groups excluding tert-OH is 1. The van der Waals surface area contributed by atoms with E-state index in [4.69, 9.17) is 10.5 Å². The molecule has 2 nitrogen and oxygen atoms in total. The van der Waals surface area contributed by atoms with Crippen molar-refractivity contribution in [1.82, 2.24) is 0 Å². The molecule has 0 aliphatic heterocycles. The van der Waals surface area contributed by atoms with Crippen LogP contribution < -0.4 is 0 Å². The lowest BCUT2D eigenvalue weighted by atomic mass is 10.2. The molecule has 0 radical (unpaired) electrons. The van der Waals surface area contributed by atoms with Crippen molar-refractivity contribution in [2.24, 2.45) is 0 Å². The van der Waals surface area contributed by atoms with Crippen LogP contribution in [0.1, 0.15) is 6.92 Å². The quantitative estimate of drug-likeness (QED) is 0.349. The maximum Gasteiger partial charge on any atom is 0.0979 e. The third-order valence-corrected chi connectivity index (χ3v) is 0.985. The van der Waals surface area contributed by atoms with Gasteiger partial charge in [-0.1, -0.05) is 24.8 Å². The summed E-state index contributed by atoms with van der Waals surface area (Å²) in [5.74, 6) is 0.146. The van der Waals surface area contributed by atoms with Crippen LogP contribution in [-0.4, -0.2) is 11.3 Å². The van der Waals surface area contributed by atoms with Crippen LogP contribution in [0.15, 0.2) is 36.1 Å². The van der Waals surface area contributed by atoms with Gasteiger partial charge in [-0.05, 0) is 6.92 Å². The maximum absolute atomic E-state index is 8.88. The Bertz CT molecular complexity index is 185. The first-order valence-corrected chi connectivity index (χ1v) is 2.91. The molecule has 0 heterocycles. The molecule has 0 aliphatic carbocycles. The Labute approximate surface area is 60.7 Å². The highest BCUT2D eigenvalue weighted by Gasteiger charge is 1.89. The fourth-order valence-electron chi connectivity index (χ4n) is 0.445. The summed E-state index contributed by atoms with van der Waals surface area (Å²) in [6.07, 6.45) is 5.97. The van der Waals surface area contributed by atoms with E-state index in [0.717, 1.165) is 6.21 Å². The van der Waals surface area contributed by atoms with Crippen LogP contribution in [0.2, 0.25) is 0 Å². The van der Waals surface area contributed by atoms with Gasteiger partial charge in [0, 0.05) is 11.8 Å². The van der Waals surface area contributed by atoms with Crippen LogP contribution >= 0.6 is 0 Å². The van der Waals surface area contributed by atoms with E-state index in [1.807, 2.05) is 0 Å². The van der Waals surface area contributed by atoms with Crippen LogP contribution in [0.25, 0.3) is 0 Å². The SMILES string of the molecule is C=C/C=C\C(C=N)=C(/C)O. The van der Waals surface area contributed by atoms with Crippen molar-refractivity contribution in [1.29, 1.82) is 5.41 Å². The van der Waals surface area contributed by atoms with Crippen molar-refractivity contribution < 1.29 is 5.11 Å². The van der Waals surface area contributed by atoms with Crippen molar-refractivity contribution in [3.05, 3.63) is 36.1 Å². The lowest BCUT2D eigenvalue weighted by molar-refractivity contribution is 0.412. The molecular formula is C8H11NO. The van der Waals surface area contributed by atoms with E-state index >= 15 is 0 Å². The highest BCUT2D eigenvalue weighted by Crippen LogP contribution is 1.98. The van der Waals surface area contributed by atoms with Crippen LogP contribution in [0.5, 0.6) is 0 Å². The molecule has 0 unspecified atom stereocenters. The van der Waals surface area contributed by atoms with E-state index in [2.05, 4.69) is 6.58 Å². The zero-order valence-electron chi connectivity index (χ0n) is 5.96. The molecule has 10 heavy (non-hydrogen) atoms. The van der Waals surface area contributed by atoms with Crippen molar-refractivity contribution >= 4 is 6.21 Å². The van der Waals surface area contributed by atoms with Gasteiger partial charge in [0.15, 0.2) is 0 Å².